The molecular formula is C12H21N5O2. The van der Waals surface area contributed by atoms with Crippen molar-refractivity contribution >= 4 is 5.91 Å². The molecule has 1 fully saturated rings. The number of aryl methyl sites for hydroxylation is 1. The molecule has 0 bridgehead atoms. The van der Waals surface area contributed by atoms with Gasteiger partial charge in [-0.1, -0.05) is 0 Å². The molecule has 19 heavy (non-hydrogen) atoms. The van der Waals surface area contributed by atoms with Gasteiger partial charge in [-0.2, -0.15) is 0 Å². The highest BCUT2D eigenvalue weighted by Gasteiger charge is 2.39. The second-order valence-electron chi connectivity index (χ2n) is 5.09. The molecular weight excluding hydrogens is 246 g/mol. The van der Waals surface area contributed by atoms with Crippen LogP contribution in [0.2, 0.25) is 0 Å². The van der Waals surface area contributed by atoms with E-state index in [4.69, 9.17) is 10.5 Å². The smallest absolute Gasteiger partial charge is 0.228 e. The zero-order chi connectivity index (χ0) is 13.9. The van der Waals surface area contributed by atoms with Crippen LogP contribution in [0.15, 0.2) is 6.33 Å². The quantitative estimate of drug-likeness (QED) is 0.784. The zero-order valence-electron chi connectivity index (χ0n) is 11.4. The van der Waals surface area contributed by atoms with Crippen LogP contribution in [-0.4, -0.2) is 40.4 Å². The Bertz CT molecular complexity index is 439. The minimum Gasteiger partial charge on any atom is -0.381 e. The lowest BCUT2D eigenvalue weighted by Crippen LogP contribution is -2.49. The lowest BCUT2D eigenvalue weighted by atomic mass is 9.79. The molecule has 106 valence electrons. The van der Waals surface area contributed by atoms with E-state index < -0.39 is 5.41 Å². The molecule has 3 N–H and O–H groups in total. The van der Waals surface area contributed by atoms with Crippen LogP contribution in [0.5, 0.6) is 0 Å². The summed E-state index contributed by atoms with van der Waals surface area (Å²) >= 11 is 0. The number of nitrogens with zero attached hydrogens (tertiary/aromatic N) is 3. The predicted molar refractivity (Wildman–Crippen MR) is 69.1 cm³/mol. The highest BCUT2D eigenvalue weighted by Crippen LogP contribution is 2.30. The van der Waals surface area contributed by atoms with Gasteiger partial charge in [-0.05, 0) is 19.8 Å². The van der Waals surface area contributed by atoms with Crippen LogP contribution in [0, 0.1) is 5.41 Å². The van der Waals surface area contributed by atoms with Crippen LogP contribution >= 0.6 is 0 Å². The van der Waals surface area contributed by atoms with E-state index >= 15 is 0 Å². The first-order chi connectivity index (χ1) is 9.09. The monoisotopic (exact) mass is 267 g/mol. The molecule has 1 aromatic rings. The van der Waals surface area contributed by atoms with Gasteiger partial charge in [-0.25, -0.2) is 0 Å². The molecule has 2 rings (SSSR count). The Kier molecular flexibility index (Phi) is 4.16. The number of hydrogen-bond donors (Lipinski definition) is 2. The SMILES string of the molecule is CC(NC(=O)C1(CN)CCOCC1)c1nncn1C. The first-order valence-corrected chi connectivity index (χ1v) is 6.52. The third kappa shape index (κ3) is 2.76. The predicted octanol–water partition coefficient (Wildman–Crippen LogP) is -0.252. The fourth-order valence-electron chi connectivity index (χ4n) is 2.38. The van der Waals surface area contributed by atoms with Crippen LogP contribution in [0.4, 0.5) is 0 Å². The van der Waals surface area contributed by atoms with E-state index in [1.54, 1.807) is 10.9 Å². The van der Waals surface area contributed by atoms with Gasteiger partial charge in [0.25, 0.3) is 0 Å². The van der Waals surface area contributed by atoms with Crippen molar-refractivity contribution in [2.75, 3.05) is 19.8 Å². The highest BCUT2D eigenvalue weighted by atomic mass is 16.5. The van der Waals surface area contributed by atoms with Crippen molar-refractivity contribution in [2.45, 2.75) is 25.8 Å². The molecule has 1 atom stereocenters. The van der Waals surface area contributed by atoms with Crippen molar-refractivity contribution in [3.63, 3.8) is 0 Å². The average Bonchev–Trinajstić information content (AvgIpc) is 2.85. The largest absolute Gasteiger partial charge is 0.381 e. The van der Waals surface area contributed by atoms with E-state index in [9.17, 15) is 4.79 Å². The molecule has 1 aromatic heterocycles. The number of ether oxygens (including phenoxy) is 1. The van der Waals surface area contributed by atoms with Crippen LogP contribution in [0.1, 0.15) is 31.6 Å². The van der Waals surface area contributed by atoms with E-state index in [-0.39, 0.29) is 11.9 Å². The molecule has 0 aromatic carbocycles. The van der Waals surface area contributed by atoms with Gasteiger partial charge in [0.2, 0.25) is 5.91 Å². The summed E-state index contributed by atoms with van der Waals surface area (Å²) in [6.45, 7) is 3.41. The summed E-state index contributed by atoms with van der Waals surface area (Å²) in [6, 6.07) is -0.189. The fraction of sp³-hybridized carbons (Fsp3) is 0.750. The van der Waals surface area contributed by atoms with Crippen molar-refractivity contribution in [1.82, 2.24) is 20.1 Å². The van der Waals surface area contributed by atoms with E-state index in [1.165, 1.54) is 0 Å². The summed E-state index contributed by atoms with van der Waals surface area (Å²) in [4.78, 5) is 12.5. The molecule has 1 saturated heterocycles. The van der Waals surface area contributed by atoms with Crippen LogP contribution in [-0.2, 0) is 16.6 Å². The Balaban J connectivity index is 2.05. The van der Waals surface area contributed by atoms with Gasteiger partial charge in [0.1, 0.15) is 6.33 Å². The summed E-state index contributed by atoms with van der Waals surface area (Å²) in [5, 5.41) is 10.8. The number of carbonyl (C=O) groups is 1. The zero-order valence-corrected chi connectivity index (χ0v) is 11.4. The lowest BCUT2D eigenvalue weighted by Gasteiger charge is -2.35. The van der Waals surface area contributed by atoms with Gasteiger partial charge >= 0.3 is 0 Å². The molecule has 1 aliphatic heterocycles. The Morgan fingerprint density at radius 3 is 2.84 bits per heavy atom. The maximum absolute atomic E-state index is 12.5. The number of hydrogen-bond acceptors (Lipinski definition) is 5. The van der Waals surface area contributed by atoms with Gasteiger partial charge in [0, 0.05) is 26.8 Å². The Labute approximate surface area is 112 Å². The number of carbonyl (C=O) groups excluding carboxylic acids is 1. The summed E-state index contributed by atoms with van der Waals surface area (Å²) in [5.74, 6) is 0.710. The van der Waals surface area contributed by atoms with Crippen LogP contribution < -0.4 is 11.1 Å². The third-order valence-corrected chi connectivity index (χ3v) is 3.80. The molecule has 7 heteroatoms. The third-order valence-electron chi connectivity index (χ3n) is 3.80. The first-order valence-electron chi connectivity index (χ1n) is 6.52. The molecule has 0 saturated carbocycles. The fourth-order valence-corrected chi connectivity index (χ4v) is 2.38. The molecule has 0 spiro atoms. The van der Waals surface area contributed by atoms with Crippen molar-refractivity contribution in [3.8, 4) is 0 Å². The molecule has 7 nitrogen and oxygen atoms in total. The lowest BCUT2D eigenvalue weighted by molar-refractivity contribution is -0.136. The Morgan fingerprint density at radius 2 is 2.32 bits per heavy atom. The van der Waals surface area contributed by atoms with Crippen molar-refractivity contribution in [1.29, 1.82) is 0 Å². The van der Waals surface area contributed by atoms with E-state index in [0.717, 1.165) is 5.82 Å². The van der Waals surface area contributed by atoms with Gasteiger partial charge in [-0.3, -0.25) is 4.79 Å². The first kappa shape index (κ1) is 14.0. The maximum atomic E-state index is 12.5. The highest BCUT2D eigenvalue weighted by molar-refractivity contribution is 5.83. The topological polar surface area (TPSA) is 95.1 Å². The van der Waals surface area contributed by atoms with Crippen molar-refractivity contribution in [3.05, 3.63) is 12.2 Å². The van der Waals surface area contributed by atoms with E-state index in [2.05, 4.69) is 15.5 Å². The molecule has 0 radical (unpaired) electrons. The number of nitrogens with one attached hydrogen (secondary N) is 1. The maximum Gasteiger partial charge on any atom is 0.228 e. The normalized spacial score (nSPS) is 19.9. The van der Waals surface area contributed by atoms with Gasteiger partial charge in [0.15, 0.2) is 5.82 Å². The van der Waals surface area contributed by atoms with Gasteiger partial charge < -0.3 is 20.4 Å². The number of amides is 1. The van der Waals surface area contributed by atoms with Crippen LogP contribution in [0.25, 0.3) is 0 Å². The molecule has 1 amide bonds. The molecule has 2 heterocycles. The second-order valence-corrected chi connectivity index (χ2v) is 5.09. The Hall–Kier alpha value is -1.47. The van der Waals surface area contributed by atoms with Gasteiger partial charge in [0.05, 0.1) is 11.5 Å². The summed E-state index contributed by atoms with van der Waals surface area (Å²) in [7, 11) is 1.85. The summed E-state index contributed by atoms with van der Waals surface area (Å²) < 4.78 is 7.11. The van der Waals surface area contributed by atoms with E-state index in [0.29, 0.717) is 32.6 Å². The summed E-state index contributed by atoms with van der Waals surface area (Å²) in [6.07, 6.45) is 2.95. The van der Waals surface area contributed by atoms with Crippen molar-refractivity contribution < 1.29 is 9.53 Å². The molecule has 1 unspecified atom stereocenters. The van der Waals surface area contributed by atoms with Gasteiger partial charge in [-0.15, -0.1) is 10.2 Å². The summed E-state index contributed by atoms with van der Waals surface area (Å²) in [5.41, 5.74) is 5.31. The van der Waals surface area contributed by atoms with E-state index in [1.807, 2.05) is 14.0 Å². The number of rotatable bonds is 4. The average molecular weight is 267 g/mol. The van der Waals surface area contributed by atoms with Crippen molar-refractivity contribution in [2.24, 2.45) is 18.2 Å². The molecule has 1 aliphatic rings. The second kappa shape index (κ2) is 5.66. The number of aromatic nitrogens is 3. The minimum atomic E-state index is -0.509. The molecule has 0 aliphatic carbocycles. The minimum absolute atomic E-state index is 0.0196. The van der Waals surface area contributed by atoms with Crippen LogP contribution in [0.3, 0.4) is 0 Å². The standard InChI is InChI=1S/C12H21N5O2/c1-9(10-16-14-8-17(10)2)15-11(18)12(7-13)3-5-19-6-4-12/h8-9H,3-7,13H2,1-2H3,(H,15,18). The number of nitrogens with two attached hydrogens (primary N) is 1. The Morgan fingerprint density at radius 1 is 1.63 bits per heavy atom.